The van der Waals surface area contributed by atoms with Crippen LogP contribution in [-0.4, -0.2) is 37.2 Å². The molecular weight excluding hydrogens is 997 g/mol. The number of rotatable bonds is 63. The molecule has 0 N–H and O–H groups in total. The number of allylic oxidation sites excluding steroid dienone is 16. The second kappa shape index (κ2) is 68.8. The number of carbonyl (C=O) groups excluding carboxylic acids is 3. The zero-order valence-corrected chi connectivity index (χ0v) is 53.5. The molecule has 6 heteroatoms. The van der Waals surface area contributed by atoms with Crippen molar-refractivity contribution in [1.29, 1.82) is 0 Å². The van der Waals surface area contributed by atoms with E-state index in [2.05, 4.69) is 118 Å². The molecule has 0 saturated carbocycles. The largest absolute Gasteiger partial charge is 0.462 e. The van der Waals surface area contributed by atoms with Crippen molar-refractivity contribution in [2.24, 2.45) is 0 Å². The number of carbonyl (C=O) groups is 3. The van der Waals surface area contributed by atoms with E-state index in [1.807, 2.05) is 0 Å². The normalized spacial score (nSPS) is 12.7. The molecule has 0 spiro atoms. The lowest BCUT2D eigenvalue weighted by Gasteiger charge is -2.18. The van der Waals surface area contributed by atoms with Gasteiger partial charge in [0.15, 0.2) is 6.10 Å². The minimum atomic E-state index is -0.795. The zero-order valence-electron chi connectivity index (χ0n) is 53.5. The number of hydrogen-bond acceptors (Lipinski definition) is 6. The number of hydrogen-bond donors (Lipinski definition) is 0. The fraction of sp³-hybridized carbons (Fsp3) is 0.747. The molecule has 1 unspecified atom stereocenters. The van der Waals surface area contributed by atoms with Crippen molar-refractivity contribution < 1.29 is 28.6 Å². The lowest BCUT2D eigenvalue weighted by Crippen LogP contribution is -2.30. The summed E-state index contributed by atoms with van der Waals surface area (Å²) in [4.78, 5) is 38.4. The van der Waals surface area contributed by atoms with Gasteiger partial charge in [-0.3, -0.25) is 14.4 Å². The molecule has 0 aromatic carbocycles. The van der Waals surface area contributed by atoms with E-state index in [4.69, 9.17) is 14.2 Å². The Hall–Kier alpha value is -3.67. The van der Waals surface area contributed by atoms with Crippen molar-refractivity contribution in [1.82, 2.24) is 0 Å². The van der Waals surface area contributed by atoms with Crippen LogP contribution in [0.5, 0.6) is 0 Å². The first-order chi connectivity index (χ1) is 40.0. The van der Waals surface area contributed by atoms with E-state index >= 15 is 0 Å². The fourth-order valence-corrected chi connectivity index (χ4v) is 9.96. The van der Waals surface area contributed by atoms with Gasteiger partial charge in [0.25, 0.3) is 0 Å². The van der Waals surface area contributed by atoms with Crippen LogP contribution in [0, 0.1) is 0 Å². The average Bonchev–Trinajstić information content (AvgIpc) is 3.47. The van der Waals surface area contributed by atoms with Gasteiger partial charge in [-0.15, -0.1) is 0 Å². The summed E-state index contributed by atoms with van der Waals surface area (Å²) in [6.45, 7) is 6.43. The lowest BCUT2D eigenvalue weighted by atomic mass is 10.0. The summed E-state index contributed by atoms with van der Waals surface area (Å²) in [6.07, 6.45) is 93.0. The highest BCUT2D eigenvalue weighted by Crippen LogP contribution is 2.18. The van der Waals surface area contributed by atoms with Gasteiger partial charge >= 0.3 is 17.9 Å². The first kappa shape index (κ1) is 77.3. The van der Waals surface area contributed by atoms with E-state index in [1.165, 1.54) is 193 Å². The van der Waals surface area contributed by atoms with Crippen LogP contribution in [-0.2, 0) is 28.6 Å². The second-order valence-corrected chi connectivity index (χ2v) is 23.0. The first-order valence-electron chi connectivity index (χ1n) is 34.7. The van der Waals surface area contributed by atoms with Crippen molar-refractivity contribution >= 4 is 17.9 Å². The van der Waals surface area contributed by atoms with Crippen molar-refractivity contribution in [3.63, 3.8) is 0 Å². The Balaban J connectivity index is 4.31. The van der Waals surface area contributed by atoms with E-state index in [0.29, 0.717) is 19.3 Å². The number of unbranched alkanes of at least 4 members (excludes halogenated alkanes) is 36. The molecule has 6 nitrogen and oxygen atoms in total. The van der Waals surface area contributed by atoms with Crippen LogP contribution in [0.25, 0.3) is 0 Å². The molecular formula is C75H130O6. The van der Waals surface area contributed by atoms with Gasteiger partial charge in [-0.1, -0.05) is 323 Å². The third-order valence-corrected chi connectivity index (χ3v) is 15.1. The molecule has 0 saturated heterocycles. The number of esters is 3. The number of ether oxygens (including phenoxy) is 3. The Morgan fingerprint density at radius 2 is 0.481 bits per heavy atom. The molecule has 0 rings (SSSR count). The average molecular weight is 1130 g/mol. The minimum absolute atomic E-state index is 0.0876. The quantitative estimate of drug-likeness (QED) is 0.0261. The molecule has 0 aliphatic carbocycles. The molecule has 1 atom stereocenters. The standard InChI is InChI=1S/C75H130O6/c1-4-7-10-13-16-19-22-25-28-30-32-34-35-36-37-38-39-41-42-44-47-50-53-56-59-62-65-68-74(77)80-71-72(70-79-73(76)67-64-61-58-55-52-49-46-27-24-21-18-15-12-9-6-3)81-75(78)69-66-63-60-57-54-51-48-45-43-40-33-31-29-26-23-20-17-14-11-8-5-2/h7,9-10,12,16,18-19,21,25,27-28,32,34,46,52,55,72H,4-6,8,11,13-15,17,20,22-24,26,29-31,33,35-45,47-51,53-54,56-71H2,1-3H3/b10-7-,12-9-,19-16-,21-18-,28-25-,34-32-,46-27-,55-52-. The monoisotopic (exact) mass is 1130 g/mol. The van der Waals surface area contributed by atoms with Crippen molar-refractivity contribution in [3.8, 4) is 0 Å². The van der Waals surface area contributed by atoms with Crippen LogP contribution in [0.2, 0.25) is 0 Å². The highest BCUT2D eigenvalue weighted by Gasteiger charge is 2.19. The summed E-state index contributed by atoms with van der Waals surface area (Å²) in [5.41, 5.74) is 0. The highest BCUT2D eigenvalue weighted by molar-refractivity contribution is 5.71. The molecule has 0 aliphatic heterocycles. The fourth-order valence-electron chi connectivity index (χ4n) is 9.96. The third-order valence-electron chi connectivity index (χ3n) is 15.1. The minimum Gasteiger partial charge on any atom is -0.462 e. The summed E-state index contributed by atoms with van der Waals surface area (Å²) >= 11 is 0. The summed E-state index contributed by atoms with van der Waals surface area (Å²) in [7, 11) is 0. The Morgan fingerprint density at radius 1 is 0.259 bits per heavy atom. The molecule has 0 aliphatic rings. The molecule has 81 heavy (non-hydrogen) atoms. The molecule has 0 heterocycles. The van der Waals surface area contributed by atoms with E-state index in [0.717, 1.165) is 109 Å². The van der Waals surface area contributed by atoms with Gasteiger partial charge in [0, 0.05) is 19.3 Å². The molecule has 0 radical (unpaired) electrons. The topological polar surface area (TPSA) is 78.9 Å². The smallest absolute Gasteiger partial charge is 0.306 e. The maximum Gasteiger partial charge on any atom is 0.306 e. The molecule has 0 fully saturated rings. The predicted molar refractivity (Wildman–Crippen MR) is 353 cm³/mol. The second-order valence-electron chi connectivity index (χ2n) is 23.0. The summed E-state index contributed by atoms with van der Waals surface area (Å²) in [5, 5.41) is 0. The van der Waals surface area contributed by atoms with Crippen molar-refractivity contribution in [3.05, 3.63) is 97.2 Å². The lowest BCUT2D eigenvalue weighted by molar-refractivity contribution is -0.167. The van der Waals surface area contributed by atoms with Gasteiger partial charge < -0.3 is 14.2 Å². The molecule has 0 amide bonds. The van der Waals surface area contributed by atoms with E-state index in [9.17, 15) is 14.4 Å². The molecule has 466 valence electrons. The predicted octanol–water partition coefficient (Wildman–Crippen LogP) is 24.0. The SMILES string of the molecule is CC/C=C\C/C=C\C/C=C\C/C=C\CCCCCCCCCCCCCCCCC(=O)OCC(COC(=O)CCCC/C=C\C/C=C\C/C=C\C/C=C\CC)OC(=O)CCCCCCCCCCCCCCCCCCCCCCC. The van der Waals surface area contributed by atoms with E-state index < -0.39 is 6.10 Å². The zero-order chi connectivity index (χ0) is 58.5. The van der Waals surface area contributed by atoms with Crippen LogP contribution >= 0.6 is 0 Å². The van der Waals surface area contributed by atoms with Gasteiger partial charge in [-0.25, -0.2) is 0 Å². The first-order valence-corrected chi connectivity index (χ1v) is 34.7. The van der Waals surface area contributed by atoms with Gasteiger partial charge in [-0.05, 0) is 96.3 Å². The summed E-state index contributed by atoms with van der Waals surface area (Å²) in [5.74, 6) is -0.914. The van der Waals surface area contributed by atoms with Crippen LogP contribution in [0.1, 0.15) is 342 Å². The van der Waals surface area contributed by atoms with Gasteiger partial charge in [0.05, 0.1) is 0 Å². The molecule has 0 aromatic rings. The Bertz CT molecular complexity index is 1580. The summed E-state index contributed by atoms with van der Waals surface area (Å²) < 4.78 is 17.0. The van der Waals surface area contributed by atoms with Gasteiger partial charge in [0.1, 0.15) is 13.2 Å². The van der Waals surface area contributed by atoms with Gasteiger partial charge in [-0.2, -0.15) is 0 Å². The maximum absolute atomic E-state index is 13.0. The van der Waals surface area contributed by atoms with Crippen LogP contribution in [0.3, 0.4) is 0 Å². The Morgan fingerprint density at radius 3 is 0.778 bits per heavy atom. The Labute approximate surface area is 502 Å². The van der Waals surface area contributed by atoms with Gasteiger partial charge in [0.2, 0.25) is 0 Å². The van der Waals surface area contributed by atoms with Crippen LogP contribution in [0.15, 0.2) is 97.2 Å². The van der Waals surface area contributed by atoms with Crippen LogP contribution in [0.4, 0.5) is 0 Å². The summed E-state index contributed by atoms with van der Waals surface area (Å²) in [6, 6.07) is 0. The molecule has 0 bridgehead atoms. The highest BCUT2D eigenvalue weighted by atomic mass is 16.6. The molecule has 0 aromatic heterocycles. The van der Waals surface area contributed by atoms with E-state index in [1.54, 1.807) is 0 Å². The maximum atomic E-state index is 13.0. The van der Waals surface area contributed by atoms with E-state index in [-0.39, 0.29) is 31.1 Å². The Kier molecular flexibility index (Phi) is 65.7. The van der Waals surface area contributed by atoms with Crippen molar-refractivity contribution in [2.75, 3.05) is 13.2 Å². The van der Waals surface area contributed by atoms with Crippen LogP contribution < -0.4 is 0 Å². The van der Waals surface area contributed by atoms with Crippen molar-refractivity contribution in [2.45, 2.75) is 348 Å². The third kappa shape index (κ3) is 67.0.